The van der Waals surface area contributed by atoms with Crippen LogP contribution in [0.1, 0.15) is 59.3 Å². The van der Waals surface area contributed by atoms with Gasteiger partial charge in [-0.25, -0.2) is 0 Å². The van der Waals surface area contributed by atoms with Gasteiger partial charge in [0.2, 0.25) is 0 Å². The standard InChI is InChI=1S/C14H28N2/c1-4-10-16(11-7-8-11)12-6-5-9-14(2,3)13(12)15/h11-13H,4-10,15H2,1-3H3. The predicted octanol–water partition coefficient (Wildman–Crippen LogP) is 2.77. The van der Waals surface area contributed by atoms with Gasteiger partial charge in [-0.2, -0.15) is 0 Å². The second-order valence-electron chi connectivity index (χ2n) is 6.44. The highest BCUT2D eigenvalue weighted by atomic mass is 15.2. The number of nitrogens with zero attached hydrogens (tertiary/aromatic N) is 1. The first kappa shape index (κ1) is 12.4. The first-order chi connectivity index (χ1) is 7.56. The van der Waals surface area contributed by atoms with Gasteiger partial charge >= 0.3 is 0 Å². The lowest BCUT2D eigenvalue weighted by molar-refractivity contribution is 0.0624. The van der Waals surface area contributed by atoms with Crippen LogP contribution in [0.3, 0.4) is 0 Å². The molecule has 0 radical (unpaired) electrons. The summed E-state index contributed by atoms with van der Waals surface area (Å²) in [4.78, 5) is 2.73. The zero-order chi connectivity index (χ0) is 11.8. The topological polar surface area (TPSA) is 29.3 Å². The second-order valence-corrected chi connectivity index (χ2v) is 6.44. The summed E-state index contributed by atoms with van der Waals surface area (Å²) in [7, 11) is 0. The van der Waals surface area contributed by atoms with Gasteiger partial charge in [0.25, 0.3) is 0 Å². The van der Waals surface area contributed by atoms with Crippen LogP contribution in [-0.4, -0.2) is 29.6 Å². The van der Waals surface area contributed by atoms with Gasteiger partial charge in [0, 0.05) is 18.1 Å². The molecule has 2 atom stereocenters. The van der Waals surface area contributed by atoms with Crippen LogP contribution < -0.4 is 5.73 Å². The molecule has 0 aromatic heterocycles. The Balaban J connectivity index is 2.05. The third kappa shape index (κ3) is 2.43. The first-order valence-corrected chi connectivity index (χ1v) is 7.07. The maximum atomic E-state index is 6.51. The van der Waals surface area contributed by atoms with E-state index in [4.69, 9.17) is 5.73 Å². The Bertz CT molecular complexity index is 233. The van der Waals surface area contributed by atoms with Gasteiger partial charge < -0.3 is 5.73 Å². The van der Waals surface area contributed by atoms with Crippen LogP contribution in [0.2, 0.25) is 0 Å². The summed E-state index contributed by atoms with van der Waals surface area (Å²) in [5.74, 6) is 0. The highest BCUT2D eigenvalue weighted by Gasteiger charge is 2.42. The van der Waals surface area contributed by atoms with Crippen LogP contribution in [0.5, 0.6) is 0 Å². The molecule has 2 fully saturated rings. The van der Waals surface area contributed by atoms with Crippen molar-refractivity contribution in [3.05, 3.63) is 0 Å². The van der Waals surface area contributed by atoms with Crippen molar-refractivity contribution in [2.45, 2.75) is 77.4 Å². The Morgan fingerprint density at radius 2 is 1.94 bits per heavy atom. The van der Waals surface area contributed by atoms with Gasteiger partial charge in [-0.05, 0) is 44.1 Å². The summed E-state index contributed by atoms with van der Waals surface area (Å²) in [6.07, 6.45) is 8.06. The van der Waals surface area contributed by atoms with E-state index in [9.17, 15) is 0 Å². The molecular formula is C14H28N2. The Hall–Kier alpha value is -0.0800. The van der Waals surface area contributed by atoms with E-state index in [1.54, 1.807) is 0 Å². The van der Waals surface area contributed by atoms with Crippen LogP contribution in [0.4, 0.5) is 0 Å². The summed E-state index contributed by atoms with van der Waals surface area (Å²) < 4.78 is 0. The molecular weight excluding hydrogens is 196 g/mol. The monoisotopic (exact) mass is 224 g/mol. The van der Waals surface area contributed by atoms with E-state index in [0.717, 1.165) is 6.04 Å². The first-order valence-electron chi connectivity index (χ1n) is 7.07. The highest BCUT2D eigenvalue weighted by Crippen LogP contribution is 2.40. The zero-order valence-electron chi connectivity index (χ0n) is 11.2. The van der Waals surface area contributed by atoms with Crippen molar-refractivity contribution >= 4 is 0 Å². The third-order valence-corrected chi connectivity index (χ3v) is 4.56. The third-order valence-electron chi connectivity index (χ3n) is 4.56. The highest BCUT2D eigenvalue weighted by molar-refractivity contribution is 5.00. The molecule has 0 aromatic carbocycles. The largest absolute Gasteiger partial charge is 0.326 e. The average Bonchev–Trinajstić information content (AvgIpc) is 3.03. The number of nitrogens with two attached hydrogens (primary N) is 1. The van der Waals surface area contributed by atoms with E-state index in [1.807, 2.05) is 0 Å². The molecule has 94 valence electrons. The quantitative estimate of drug-likeness (QED) is 0.795. The van der Waals surface area contributed by atoms with Crippen molar-refractivity contribution < 1.29 is 0 Å². The van der Waals surface area contributed by atoms with Crippen molar-refractivity contribution in [2.75, 3.05) is 6.54 Å². The van der Waals surface area contributed by atoms with Gasteiger partial charge in [-0.15, -0.1) is 0 Å². The Kier molecular flexibility index (Phi) is 3.60. The minimum absolute atomic E-state index is 0.337. The molecule has 0 amide bonds. The smallest absolute Gasteiger partial charge is 0.0255 e. The van der Waals surface area contributed by atoms with Crippen molar-refractivity contribution in [2.24, 2.45) is 11.1 Å². The maximum Gasteiger partial charge on any atom is 0.0255 e. The Morgan fingerprint density at radius 3 is 2.50 bits per heavy atom. The molecule has 0 bridgehead atoms. The molecule has 2 N–H and O–H groups in total. The number of hydrogen-bond donors (Lipinski definition) is 1. The van der Waals surface area contributed by atoms with E-state index >= 15 is 0 Å². The van der Waals surface area contributed by atoms with Crippen LogP contribution in [0.15, 0.2) is 0 Å². The molecule has 2 nitrogen and oxygen atoms in total. The Morgan fingerprint density at radius 1 is 1.25 bits per heavy atom. The minimum atomic E-state index is 0.337. The van der Waals surface area contributed by atoms with Gasteiger partial charge in [0.05, 0.1) is 0 Å². The normalized spacial score (nSPS) is 34.3. The lowest BCUT2D eigenvalue weighted by Crippen LogP contribution is -2.57. The molecule has 2 rings (SSSR count). The molecule has 0 saturated heterocycles. The molecule has 0 aromatic rings. The van der Waals surface area contributed by atoms with Crippen molar-refractivity contribution in [1.29, 1.82) is 0 Å². The van der Waals surface area contributed by atoms with Crippen LogP contribution in [0, 0.1) is 5.41 Å². The summed E-state index contributed by atoms with van der Waals surface area (Å²) in [5.41, 5.74) is 6.85. The van der Waals surface area contributed by atoms with Gasteiger partial charge in [-0.1, -0.05) is 27.2 Å². The van der Waals surface area contributed by atoms with Gasteiger partial charge in [0.1, 0.15) is 0 Å². The van der Waals surface area contributed by atoms with E-state index in [2.05, 4.69) is 25.7 Å². The molecule has 16 heavy (non-hydrogen) atoms. The lowest BCUT2D eigenvalue weighted by Gasteiger charge is -2.47. The molecule has 2 saturated carbocycles. The van der Waals surface area contributed by atoms with E-state index in [-0.39, 0.29) is 0 Å². The average molecular weight is 224 g/mol. The van der Waals surface area contributed by atoms with Crippen LogP contribution in [0.25, 0.3) is 0 Å². The van der Waals surface area contributed by atoms with Gasteiger partial charge in [0.15, 0.2) is 0 Å². The molecule has 2 unspecified atom stereocenters. The lowest BCUT2D eigenvalue weighted by atomic mass is 9.70. The summed E-state index contributed by atoms with van der Waals surface area (Å²) in [6.45, 7) is 8.23. The molecule has 0 spiro atoms. The van der Waals surface area contributed by atoms with E-state index in [0.29, 0.717) is 17.5 Å². The molecule has 2 heteroatoms. The SMILES string of the molecule is CCCN(C1CC1)C1CCCC(C)(C)C1N. The Labute approximate surface area is 101 Å². The van der Waals surface area contributed by atoms with E-state index < -0.39 is 0 Å². The fourth-order valence-electron chi connectivity index (χ4n) is 3.29. The van der Waals surface area contributed by atoms with Crippen LogP contribution in [-0.2, 0) is 0 Å². The zero-order valence-corrected chi connectivity index (χ0v) is 11.2. The maximum absolute atomic E-state index is 6.51. The van der Waals surface area contributed by atoms with Crippen molar-refractivity contribution in [3.63, 3.8) is 0 Å². The minimum Gasteiger partial charge on any atom is -0.326 e. The molecule has 2 aliphatic rings. The summed E-state index contributed by atoms with van der Waals surface area (Å²) in [6, 6.07) is 1.88. The summed E-state index contributed by atoms with van der Waals surface area (Å²) in [5, 5.41) is 0. The number of hydrogen-bond acceptors (Lipinski definition) is 2. The van der Waals surface area contributed by atoms with Crippen LogP contribution >= 0.6 is 0 Å². The molecule has 0 aliphatic heterocycles. The fraction of sp³-hybridized carbons (Fsp3) is 1.00. The van der Waals surface area contributed by atoms with Gasteiger partial charge in [-0.3, -0.25) is 4.90 Å². The molecule has 0 heterocycles. The van der Waals surface area contributed by atoms with Crippen molar-refractivity contribution in [3.8, 4) is 0 Å². The van der Waals surface area contributed by atoms with E-state index in [1.165, 1.54) is 45.1 Å². The van der Waals surface area contributed by atoms with Crippen molar-refractivity contribution in [1.82, 2.24) is 4.90 Å². The molecule has 2 aliphatic carbocycles. The predicted molar refractivity (Wildman–Crippen MR) is 69.4 cm³/mol. The second kappa shape index (κ2) is 4.66. The number of rotatable bonds is 4. The summed E-state index contributed by atoms with van der Waals surface area (Å²) >= 11 is 0. The fourth-order valence-corrected chi connectivity index (χ4v) is 3.29.